The number of nitrogens with one attached hydrogen (secondary N) is 2. The van der Waals surface area contributed by atoms with Crippen LogP contribution in [-0.4, -0.2) is 41.4 Å². The van der Waals surface area contributed by atoms with Crippen LogP contribution in [-0.2, 0) is 9.47 Å². The molecule has 1 amide bonds. The molecule has 0 radical (unpaired) electrons. The Morgan fingerprint density at radius 2 is 2.14 bits per heavy atom. The molecule has 8 nitrogen and oxygen atoms in total. The number of amides is 1. The summed E-state index contributed by atoms with van der Waals surface area (Å²) in [7, 11) is 0. The van der Waals surface area contributed by atoms with Crippen molar-refractivity contribution < 1.29 is 18.7 Å². The third kappa shape index (κ3) is 7.67. The average molecular weight is 409 g/mol. The van der Waals surface area contributed by atoms with Crippen molar-refractivity contribution in [1.29, 1.82) is 0 Å². The van der Waals surface area contributed by atoms with Gasteiger partial charge in [-0.2, -0.15) is 0 Å². The molecule has 1 aromatic heterocycles. The normalized spacial score (nSPS) is 15.5. The van der Waals surface area contributed by atoms with Gasteiger partial charge in [0, 0.05) is 29.8 Å². The van der Waals surface area contributed by atoms with Crippen LogP contribution in [0.15, 0.2) is 41.6 Å². The van der Waals surface area contributed by atoms with E-state index in [-0.39, 0.29) is 24.1 Å². The molecule has 1 atom stereocenters. The highest BCUT2D eigenvalue weighted by Crippen LogP contribution is 2.22. The standard InChI is InChI=1S/C10H9FN4S.C8H15NO3/c11-8-6-7(16-12)2-3-9(8)15-10-13-4-1-5-14-10;1-6(2)9-8(10)12-7-3-4-11-5-7/h1-6H,12H2,(H,13,14,15);6-7H,3-5H2,1-2H3,(H,9,10). The number of anilines is 2. The van der Waals surface area contributed by atoms with Crippen LogP contribution >= 0.6 is 11.9 Å². The molecule has 2 heterocycles. The van der Waals surface area contributed by atoms with E-state index < -0.39 is 0 Å². The second-order valence-electron chi connectivity index (χ2n) is 6.15. The van der Waals surface area contributed by atoms with Crippen molar-refractivity contribution in [3.63, 3.8) is 0 Å². The summed E-state index contributed by atoms with van der Waals surface area (Å²) in [5.74, 6) is -0.0301. The number of hydrogen-bond donors (Lipinski definition) is 3. The Morgan fingerprint density at radius 3 is 2.71 bits per heavy atom. The van der Waals surface area contributed by atoms with Crippen molar-refractivity contribution in [2.75, 3.05) is 18.5 Å². The second kappa shape index (κ2) is 11.4. The van der Waals surface area contributed by atoms with Crippen molar-refractivity contribution in [1.82, 2.24) is 15.3 Å². The van der Waals surface area contributed by atoms with Crippen LogP contribution in [0.2, 0.25) is 0 Å². The highest BCUT2D eigenvalue weighted by Gasteiger charge is 2.19. The molecule has 10 heteroatoms. The zero-order valence-electron chi connectivity index (χ0n) is 15.7. The minimum atomic E-state index is -0.386. The fourth-order valence-electron chi connectivity index (χ4n) is 2.18. The number of nitrogens with zero attached hydrogens (tertiary/aromatic N) is 2. The summed E-state index contributed by atoms with van der Waals surface area (Å²) in [6.07, 6.45) is 3.57. The monoisotopic (exact) mass is 409 g/mol. The molecule has 28 heavy (non-hydrogen) atoms. The average Bonchev–Trinajstić information content (AvgIpc) is 3.17. The van der Waals surface area contributed by atoms with Crippen LogP contribution in [0.25, 0.3) is 0 Å². The zero-order chi connectivity index (χ0) is 20.4. The first-order chi connectivity index (χ1) is 13.5. The Bertz CT molecular complexity index is 745. The number of nitrogens with two attached hydrogens (primary N) is 1. The van der Waals surface area contributed by atoms with Gasteiger partial charge >= 0.3 is 6.09 Å². The number of ether oxygens (including phenoxy) is 2. The first-order valence-corrected chi connectivity index (χ1v) is 9.61. The first kappa shape index (κ1) is 21.9. The summed E-state index contributed by atoms with van der Waals surface area (Å²) >= 11 is 0.999. The molecule has 0 aliphatic carbocycles. The SMILES string of the molecule is CC(C)NC(=O)OC1CCOC1.NSc1ccc(Nc2ncccn2)c(F)c1. The van der Waals surface area contributed by atoms with Crippen LogP contribution in [0.5, 0.6) is 0 Å². The molecule has 1 saturated heterocycles. The Balaban J connectivity index is 0.000000209. The molecule has 4 N–H and O–H groups in total. The Morgan fingerprint density at radius 1 is 1.39 bits per heavy atom. The molecule has 0 saturated carbocycles. The second-order valence-corrected chi connectivity index (χ2v) is 6.85. The van der Waals surface area contributed by atoms with E-state index in [1.54, 1.807) is 30.6 Å². The molecule has 0 bridgehead atoms. The van der Waals surface area contributed by atoms with Gasteiger partial charge in [0.25, 0.3) is 0 Å². The quantitative estimate of drug-likeness (QED) is 0.646. The molecule has 2 aromatic rings. The van der Waals surface area contributed by atoms with Crippen LogP contribution in [0.4, 0.5) is 20.8 Å². The number of alkyl carbamates (subject to hydrolysis) is 1. The van der Waals surface area contributed by atoms with E-state index >= 15 is 0 Å². The lowest BCUT2D eigenvalue weighted by Crippen LogP contribution is -2.33. The van der Waals surface area contributed by atoms with Crippen molar-refractivity contribution in [3.8, 4) is 0 Å². The smallest absolute Gasteiger partial charge is 0.407 e. The van der Waals surface area contributed by atoms with E-state index in [1.807, 2.05) is 13.8 Å². The Labute approximate surface area is 167 Å². The highest BCUT2D eigenvalue weighted by molar-refractivity contribution is 7.97. The highest BCUT2D eigenvalue weighted by atomic mass is 32.2. The van der Waals surface area contributed by atoms with Crippen LogP contribution < -0.4 is 15.8 Å². The summed E-state index contributed by atoms with van der Waals surface area (Å²) in [4.78, 5) is 19.6. The summed E-state index contributed by atoms with van der Waals surface area (Å²) in [6.45, 7) is 5.02. The van der Waals surface area contributed by atoms with E-state index in [9.17, 15) is 9.18 Å². The van der Waals surface area contributed by atoms with E-state index in [4.69, 9.17) is 14.6 Å². The fraction of sp³-hybridized carbons (Fsp3) is 0.389. The van der Waals surface area contributed by atoms with Crippen molar-refractivity contribution in [2.45, 2.75) is 37.3 Å². The molecular formula is C18H24FN5O3S. The number of benzene rings is 1. The first-order valence-electron chi connectivity index (χ1n) is 8.73. The minimum Gasteiger partial charge on any atom is -0.444 e. The predicted molar refractivity (Wildman–Crippen MR) is 106 cm³/mol. The van der Waals surface area contributed by atoms with Gasteiger partial charge in [0.1, 0.15) is 11.9 Å². The molecule has 1 aliphatic rings. The van der Waals surface area contributed by atoms with E-state index in [2.05, 4.69) is 20.6 Å². The molecular weight excluding hydrogens is 385 g/mol. The number of hydrogen-bond acceptors (Lipinski definition) is 8. The van der Waals surface area contributed by atoms with Gasteiger partial charge in [-0.05, 0) is 50.1 Å². The summed E-state index contributed by atoms with van der Waals surface area (Å²) < 4.78 is 23.6. The maximum Gasteiger partial charge on any atom is 0.407 e. The molecule has 1 aromatic carbocycles. The van der Waals surface area contributed by atoms with Gasteiger partial charge in [0.05, 0.1) is 18.9 Å². The van der Waals surface area contributed by atoms with Crippen molar-refractivity contribution in [2.24, 2.45) is 5.14 Å². The van der Waals surface area contributed by atoms with Gasteiger partial charge in [-0.3, -0.25) is 5.14 Å². The maximum absolute atomic E-state index is 13.5. The molecule has 1 unspecified atom stereocenters. The van der Waals surface area contributed by atoms with Crippen molar-refractivity contribution >= 4 is 29.7 Å². The lowest BCUT2D eigenvalue weighted by atomic mass is 10.3. The number of carbonyl (C=O) groups excluding carboxylic acids is 1. The summed E-state index contributed by atoms with van der Waals surface area (Å²) in [5.41, 5.74) is 0.323. The number of aromatic nitrogens is 2. The van der Waals surface area contributed by atoms with Gasteiger partial charge in [0.15, 0.2) is 0 Å². The summed E-state index contributed by atoms with van der Waals surface area (Å²) in [5, 5.41) is 10.8. The van der Waals surface area contributed by atoms with Crippen LogP contribution in [0.1, 0.15) is 20.3 Å². The van der Waals surface area contributed by atoms with Gasteiger partial charge in [-0.15, -0.1) is 0 Å². The number of rotatable bonds is 5. The number of halogens is 1. The van der Waals surface area contributed by atoms with E-state index in [0.29, 0.717) is 29.7 Å². The lowest BCUT2D eigenvalue weighted by molar-refractivity contribution is 0.0817. The van der Waals surface area contributed by atoms with Gasteiger partial charge < -0.3 is 20.1 Å². The molecule has 0 spiro atoms. The lowest BCUT2D eigenvalue weighted by Gasteiger charge is -2.12. The van der Waals surface area contributed by atoms with Crippen LogP contribution in [0.3, 0.4) is 0 Å². The van der Waals surface area contributed by atoms with Crippen LogP contribution in [0, 0.1) is 5.82 Å². The third-order valence-corrected chi connectivity index (χ3v) is 3.98. The largest absolute Gasteiger partial charge is 0.444 e. The van der Waals surface area contributed by atoms with Gasteiger partial charge in [-0.25, -0.2) is 19.2 Å². The molecule has 1 aliphatic heterocycles. The maximum atomic E-state index is 13.5. The molecule has 3 rings (SSSR count). The Hall–Kier alpha value is -2.43. The number of carbonyl (C=O) groups is 1. The summed E-state index contributed by atoms with van der Waals surface area (Å²) in [6, 6.07) is 6.49. The van der Waals surface area contributed by atoms with Crippen molar-refractivity contribution in [3.05, 3.63) is 42.5 Å². The predicted octanol–water partition coefficient (Wildman–Crippen LogP) is 3.24. The van der Waals surface area contributed by atoms with Gasteiger partial charge in [0.2, 0.25) is 5.95 Å². The third-order valence-electron chi connectivity index (χ3n) is 3.46. The fourth-order valence-corrected chi connectivity index (χ4v) is 2.50. The molecule has 152 valence electrons. The Kier molecular flexibility index (Phi) is 8.92. The minimum absolute atomic E-state index is 0.0521. The molecule has 1 fully saturated rings. The van der Waals surface area contributed by atoms with E-state index in [0.717, 1.165) is 18.4 Å². The van der Waals surface area contributed by atoms with E-state index in [1.165, 1.54) is 6.07 Å². The van der Waals surface area contributed by atoms with Gasteiger partial charge in [-0.1, -0.05) is 0 Å². The topological polar surface area (TPSA) is 111 Å². The zero-order valence-corrected chi connectivity index (χ0v) is 16.5.